The number of nitrogens with zero attached hydrogens (tertiary/aromatic N) is 3. The zero-order valence-corrected chi connectivity index (χ0v) is 14.1. The van der Waals surface area contributed by atoms with Crippen molar-refractivity contribution in [2.45, 2.75) is 19.2 Å². The highest BCUT2D eigenvalue weighted by molar-refractivity contribution is 6.30. The minimum Gasteiger partial charge on any atom is -0.386 e. The van der Waals surface area contributed by atoms with Crippen molar-refractivity contribution in [2.24, 2.45) is 0 Å². The molecule has 0 aliphatic rings. The standard InChI is InChI=1S/C18H17ClN4O2/c19-15-8-4-5-13(9-15)10-20-18(25)17-21-12-23(22-17)11-16(24)14-6-2-1-3-7-14/h1-9,12,16,24H,10-11H2,(H,20,25)/t16-/m0/s1. The first kappa shape index (κ1) is 17.1. The van der Waals surface area contributed by atoms with E-state index in [0.717, 1.165) is 11.1 Å². The second-order valence-corrected chi connectivity index (χ2v) is 5.97. The maximum Gasteiger partial charge on any atom is 0.291 e. The number of carbonyl (C=O) groups is 1. The number of rotatable bonds is 6. The van der Waals surface area contributed by atoms with Crippen LogP contribution in [0.5, 0.6) is 0 Å². The van der Waals surface area contributed by atoms with Crippen LogP contribution in [0.2, 0.25) is 5.02 Å². The van der Waals surface area contributed by atoms with Crippen molar-refractivity contribution in [3.63, 3.8) is 0 Å². The maximum absolute atomic E-state index is 12.1. The van der Waals surface area contributed by atoms with E-state index in [0.29, 0.717) is 11.6 Å². The summed E-state index contributed by atoms with van der Waals surface area (Å²) in [5, 5.41) is 17.7. The van der Waals surface area contributed by atoms with E-state index in [1.807, 2.05) is 42.5 Å². The number of hydrogen-bond acceptors (Lipinski definition) is 4. The van der Waals surface area contributed by atoms with Gasteiger partial charge in [0, 0.05) is 11.6 Å². The molecule has 0 aliphatic carbocycles. The first-order valence-corrected chi connectivity index (χ1v) is 8.15. The smallest absolute Gasteiger partial charge is 0.291 e. The third-order valence-corrected chi connectivity index (χ3v) is 3.86. The Balaban J connectivity index is 1.58. The van der Waals surface area contributed by atoms with Crippen LogP contribution in [0.4, 0.5) is 0 Å². The Hall–Kier alpha value is -2.70. The molecular formula is C18H17ClN4O2. The van der Waals surface area contributed by atoms with E-state index in [2.05, 4.69) is 15.4 Å². The van der Waals surface area contributed by atoms with Crippen molar-refractivity contribution in [3.8, 4) is 0 Å². The molecule has 0 fully saturated rings. The number of aliphatic hydroxyl groups excluding tert-OH is 1. The van der Waals surface area contributed by atoms with Crippen molar-refractivity contribution in [2.75, 3.05) is 0 Å². The summed E-state index contributed by atoms with van der Waals surface area (Å²) in [7, 11) is 0. The number of hydrogen-bond donors (Lipinski definition) is 2. The van der Waals surface area contributed by atoms with Gasteiger partial charge in [0.25, 0.3) is 5.91 Å². The molecule has 1 atom stereocenters. The number of aromatic nitrogens is 3. The summed E-state index contributed by atoms with van der Waals surface area (Å²) < 4.78 is 1.45. The van der Waals surface area contributed by atoms with Crippen molar-refractivity contribution in [1.82, 2.24) is 20.1 Å². The van der Waals surface area contributed by atoms with Crippen LogP contribution in [0.15, 0.2) is 60.9 Å². The van der Waals surface area contributed by atoms with Gasteiger partial charge in [-0.1, -0.05) is 54.1 Å². The number of halogens is 1. The third kappa shape index (κ3) is 4.65. The largest absolute Gasteiger partial charge is 0.386 e. The molecule has 1 aromatic heterocycles. The topological polar surface area (TPSA) is 80.0 Å². The lowest BCUT2D eigenvalue weighted by Crippen LogP contribution is -2.24. The number of carbonyl (C=O) groups excluding carboxylic acids is 1. The predicted molar refractivity (Wildman–Crippen MR) is 94.0 cm³/mol. The number of nitrogens with one attached hydrogen (secondary N) is 1. The molecule has 0 bridgehead atoms. The number of amides is 1. The van der Waals surface area contributed by atoms with Gasteiger partial charge in [-0.2, -0.15) is 0 Å². The molecule has 0 aliphatic heterocycles. The summed E-state index contributed by atoms with van der Waals surface area (Å²) in [5.74, 6) is -0.324. The fourth-order valence-corrected chi connectivity index (χ4v) is 2.57. The van der Waals surface area contributed by atoms with Crippen LogP contribution in [0.3, 0.4) is 0 Å². The van der Waals surface area contributed by atoms with Gasteiger partial charge in [-0.05, 0) is 23.3 Å². The lowest BCUT2D eigenvalue weighted by Gasteiger charge is -2.10. The molecule has 0 saturated heterocycles. The zero-order valence-electron chi connectivity index (χ0n) is 13.3. The van der Waals surface area contributed by atoms with Gasteiger partial charge in [0.1, 0.15) is 6.33 Å². The highest BCUT2D eigenvalue weighted by atomic mass is 35.5. The molecule has 25 heavy (non-hydrogen) atoms. The van der Waals surface area contributed by atoms with Crippen molar-refractivity contribution in [3.05, 3.63) is 82.9 Å². The molecular weight excluding hydrogens is 340 g/mol. The molecule has 0 spiro atoms. The molecule has 3 rings (SSSR count). The van der Waals surface area contributed by atoms with Crippen molar-refractivity contribution < 1.29 is 9.90 Å². The van der Waals surface area contributed by atoms with Gasteiger partial charge in [-0.3, -0.25) is 4.79 Å². The predicted octanol–water partition coefficient (Wildman–Crippen LogP) is 2.60. The van der Waals surface area contributed by atoms with Crippen molar-refractivity contribution in [1.29, 1.82) is 0 Å². The van der Waals surface area contributed by atoms with E-state index in [-0.39, 0.29) is 18.3 Å². The Labute approximate surface area is 150 Å². The average Bonchev–Trinajstić information content (AvgIpc) is 3.09. The minimum absolute atomic E-state index is 0.0577. The summed E-state index contributed by atoms with van der Waals surface area (Å²) in [6.45, 7) is 0.555. The fourth-order valence-electron chi connectivity index (χ4n) is 2.35. The molecule has 2 N–H and O–H groups in total. The van der Waals surface area contributed by atoms with Gasteiger partial charge in [-0.25, -0.2) is 9.67 Å². The lowest BCUT2D eigenvalue weighted by molar-refractivity contribution is 0.0938. The first-order chi connectivity index (χ1) is 12.1. The summed E-state index contributed by atoms with van der Waals surface area (Å²) in [6, 6.07) is 16.5. The monoisotopic (exact) mass is 356 g/mol. The molecule has 0 unspecified atom stereocenters. The van der Waals surface area contributed by atoms with Crippen LogP contribution in [0, 0.1) is 0 Å². The Morgan fingerprint density at radius 1 is 1.20 bits per heavy atom. The molecule has 6 nitrogen and oxygen atoms in total. The van der Waals surface area contributed by atoms with Gasteiger partial charge in [-0.15, -0.1) is 5.10 Å². The normalized spacial score (nSPS) is 11.9. The molecule has 7 heteroatoms. The maximum atomic E-state index is 12.1. The number of benzene rings is 2. The average molecular weight is 357 g/mol. The molecule has 1 heterocycles. The van der Waals surface area contributed by atoms with Crippen molar-refractivity contribution >= 4 is 17.5 Å². The second-order valence-electron chi connectivity index (χ2n) is 5.53. The van der Waals surface area contributed by atoms with Gasteiger partial charge >= 0.3 is 0 Å². The third-order valence-electron chi connectivity index (χ3n) is 3.63. The quantitative estimate of drug-likeness (QED) is 0.711. The second kappa shape index (κ2) is 7.92. The molecule has 3 aromatic rings. The molecule has 0 radical (unpaired) electrons. The summed E-state index contributed by atoms with van der Waals surface area (Å²) in [6.07, 6.45) is 0.714. The van der Waals surface area contributed by atoms with Gasteiger partial charge in [0.2, 0.25) is 5.82 Å². The van der Waals surface area contributed by atoms with Crippen LogP contribution in [-0.4, -0.2) is 25.8 Å². The zero-order chi connectivity index (χ0) is 17.6. The Bertz CT molecular complexity index is 851. The van der Waals surface area contributed by atoms with E-state index < -0.39 is 6.10 Å². The van der Waals surface area contributed by atoms with E-state index in [1.54, 1.807) is 12.1 Å². The Kier molecular flexibility index (Phi) is 5.42. The van der Waals surface area contributed by atoms with Crippen LogP contribution in [0.1, 0.15) is 27.8 Å². The van der Waals surface area contributed by atoms with Crippen LogP contribution >= 0.6 is 11.6 Å². The van der Waals surface area contributed by atoms with E-state index >= 15 is 0 Å². The molecule has 128 valence electrons. The highest BCUT2D eigenvalue weighted by Gasteiger charge is 2.14. The number of aliphatic hydroxyl groups is 1. The summed E-state index contributed by atoms with van der Waals surface area (Å²) >= 11 is 5.92. The van der Waals surface area contributed by atoms with E-state index in [4.69, 9.17) is 11.6 Å². The molecule has 2 aromatic carbocycles. The minimum atomic E-state index is -0.717. The van der Waals surface area contributed by atoms with Crippen LogP contribution in [-0.2, 0) is 13.1 Å². The summed E-state index contributed by atoms with van der Waals surface area (Å²) in [5.41, 5.74) is 1.67. The molecule has 0 saturated carbocycles. The van der Waals surface area contributed by atoms with Crippen LogP contribution < -0.4 is 5.32 Å². The van der Waals surface area contributed by atoms with Gasteiger partial charge in [0.05, 0.1) is 12.6 Å². The lowest BCUT2D eigenvalue weighted by atomic mass is 10.1. The Morgan fingerprint density at radius 3 is 2.76 bits per heavy atom. The van der Waals surface area contributed by atoms with E-state index in [1.165, 1.54) is 11.0 Å². The van der Waals surface area contributed by atoms with Gasteiger partial charge < -0.3 is 10.4 Å². The molecule has 1 amide bonds. The summed E-state index contributed by atoms with van der Waals surface area (Å²) in [4.78, 5) is 16.1. The van der Waals surface area contributed by atoms with Crippen LogP contribution in [0.25, 0.3) is 0 Å². The SMILES string of the molecule is O=C(NCc1cccc(Cl)c1)c1ncn(C[C@H](O)c2ccccc2)n1. The Morgan fingerprint density at radius 2 is 2.00 bits per heavy atom. The fraction of sp³-hybridized carbons (Fsp3) is 0.167. The highest BCUT2D eigenvalue weighted by Crippen LogP contribution is 2.14. The van der Waals surface area contributed by atoms with E-state index in [9.17, 15) is 9.90 Å². The first-order valence-electron chi connectivity index (χ1n) is 7.77. The van der Waals surface area contributed by atoms with Gasteiger partial charge in [0.15, 0.2) is 0 Å².